The van der Waals surface area contributed by atoms with Gasteiger partial charge in [-0.15, -0.1) is 0 Å². The van der Waals surface area contributed by atoms with Crippen molar-refractivity contribution in [3.8, 4) is 0 Å². The first-order chi connectivity index (χ1) is 14.7. The Hall–Kier alpha value is -2.93. The van der Waals surface area contributed by atoms with Gasteiger partial charge in [-0.3, -0.25) is 14.4 Å². The summed E-state index contributed by atoms with van der Waals surface area (Å²) in [5.74, 6) is -1.08. The van der Waals surface area contributed by atoms with Gasteiger partial charge in [0.25, 0.3) is 5.91 Å². The highest BCUT2D eigenvalue weighted by Gasteiger charge is 2.28. The summed E-state index contributed by atoms with van der Waals surface area (Å²) in [6.07, 6.45) is 0.139. The molecule has 0 spiro atoms. The van der Waals surface area contributed by atoms with Crippen LogP contribution in [0.1, 0.15) is 40.9 Å². The highest BCUT2D eigenvalue weighted by Crippen LogP contribution is 2.22. The zero-order chi connectivity index (χ0) is 22.5. The number of nitrogens with zero attached hydrogens (tertiary/aromatic N) is 2. The maximum atomic E-state index is 13.2. The van der Waals surface area contributed by atoms with Crippen molar-refractivity contribution in [1.82, 2.24) is 15.1 Å². The molecule has 1 N–H and O–H groups in total. The molecule has 0 aromatic heterocycles. The number of piperazine rings is 1. The fourth-order valence-corrected chi connectivity index (χ4v) is 3.84. The van der Waals surface area contributed by atoms with Gasteiger partial charge < -0.3 is 15.1 Å². The number of hydrogen-bond donors (Lipinski definition) is 1. The lowest BCUT2D eigenvalue weighted by Crippen LogP contribution is -2.51. The van der Waals surface area contributed by atoms with E-state index in [1.54, 1.807) is 9.80 Å². The van der Waals surface area contributed by atoms with Crippen LogP contribution in [-0.2, 0) is 9.59 Å². The van der Waals surface area contributed by atoms with Gasteiger partial charge in [-0.1, -0.05) is 41.4 Å². The Kier molecular flexibility index (Phi) is 7.28. The summed E-state index contributed by atoms with van der Waals surface area (Å²) < 4.78 is 13.2. The summed E-state index contributed by atoms with van der Waals surface area (Å²) >= 11 is 6.00. The van der Waals surface area contributed by atoms with Crippen LogP contribution in [0.5, 0.6) is 0 Å². The Morgan fingerprint density at radius 2 is 1.65 bits per heavy atom. The molecule has 164 valence electrons. The number of nitrogens with one attached hydrogen (secondary N) is 1. The van der Waals surface area contributed by atoms with Crippen LogP contribution < -0.4 is 5.32 Å². The first-order valence-corrected chi connectivity index (χ1v) is 10.5. The zero-order valence-electron chi connectivity index (χ0n) is 17.5. The van der Waals surface area contributed by atoms with Crippen molar-refractivity contribution < 1.29 is 18.8 Å². The lowest BCUT2D eigenvalue weighted by molar-refractivity contribution is -0.133. The van der Waals surface area contributed by atoms with Crippen molar-refractivity contribution in [2.75, 3.05) is 26.2 Å². The number of rotatable bonds is 5. The fourth-order valence-electron chi connectivity index (χ4n) is 3.59. The van der Waals surface area contributed by atoms with Crippen molar-refractivity contribution in [3.05, 3.63) is 70.0 Å². The molecule has 3 amide bonds. The number of halogens is 2. The van der Waals surface area contributed by atoms with Crippen LogP contribution in [0.4, 0.5) is 4.39 Å². The number of carbonyl (C=O) groups excluding carboxylic acids is 3. The van der Waals surface area contributed by atoms with Gasteiger partial charge in [-0.25, -0.2) is 4.39 Å². The molecule has 0 radical (unpaired) electrons. The van der Waals surface area contributed by atoms with Gasteiger partial charge >= 0.3 is 0 Å². The molecule has 1 fully saturated rings. The Morgan fingerprint density at radius 3 is 2.23 bits per heavy atom. The Morgan fingerprint density at radius 1 is 1.03 bits per heavy atom. The largest absolute Gasteiger partial charge is 0.349 e. The third-order valence-corrected chi connectivity index (χ3v) is 5.63. The Labute approximate surface area is 186 Å². The second kappa shape index (κ2) is 9.92. The molecule has 1 aliphatic rings. The smallest absolute Gasteiger partial charge is 0.255 e. The van der Waals surface area contributed by atoms with Gasteiger partial charge in [0.1, 0.15) is 5.82 Å². The minimum atomic E-state index is -0.501. The molecule has 2 aromatic carbocycles. The average molecular weight is 446 g/mol. The Bertz CT molecular complexity index is 973. The summed E-state index contributed by atoms with van der Waals surface area (Å²) in [4.78, 5) is 40.5. The lowest BCUT2D eigenvalue weighted by atomic mass is 10.0. The van der Waals surface area contributed by atoms with E-state index in [2.05, 4.69) is 5.32 Å². The monoisotopic (exact) mass is 445 g/mol. The molecule has 0 saturated carbocycles. The SMILES string of the molecule is CC(=O)NC(CC(=O)N1CCN(C(=O)c2ccc(F)cc2Cl)CC1)c1ccc(C)cc1. The lowest BCUT2D eigenvalue weighted by Gasteiger charge is -2.35. The van der Waals surface area contributed by atoms with Crippen molar-refractivity contribution in [2.24, 2.45) is 0 Å². The van der Waals surface area contributed by atoms with Crippen LogP contribution in [0.25, 0.3) is 0 Å². The normalized spacial score (nSPS) is 14.8. The molecule has 0 bridgehead atoms. The van der Waals surface area contributed by atoms with E-state index < -0.39 is 11.9 Å². The van der Waals surface area contributed by atoms with Crippen LogP contribution in [0.15, 0.2) is 42.5 Å². The van der Waals surface area contributed by atoms with Gasteiger partial charge in [0.05, 0.1) is 23.0 Å². The second-order valence-corrected chi connectivity index (χ2v) is 8.07. The third kappa shape index (κ3) is 5.82. The van der Waals surface area contributed by atoms with E-state index in [4.69, 9.17) is 11.6 Å². The number of amides is 3. The number of aryl methyl sites for hydroxylation is 1. The molecule has 2 aromatic rings. The molecule has 1 saturated heterocycles. The average Bonchev–Trinajstić information content (AvgIpc) is 2.73. The van der Waals surface area contributed by atoms with E-state index in [0.717, 1.165) is 17.2 Å². The number of carbonyl (C=O) groups is 3. The molecule has 31 heavy (non-hydrogen) atoms. The molecule has 0 aliphatic carbocycles. The molecule has 1 heterocycles. The van der Waals surface area contributed by atoms with E-state index in [9.17, 15) is 18.8 Å². The van der Waals surface area contributed by atoms with Crippen molar-refractivity contribution in [3.63, 3.8) is 0 Å². The van der Waals surface area contributed by atoms with Gasteiger partial charge in [0.15, 0.2) is 0 Å². The van der Waals surface area contributed by atoms with E-state index in [-0.39, 0.29) is 34.7 Å². The van der Waals surface area contributed by atoms with Crippen LogP contribution >= 0.6 is 11.6 Å². The van der Waals surface area contributed by atoms with E-state index in [1.165, 1.54) is 19.1 Å². The Balaban J connectivity index is 1.61. The standard InChI is InChI=1S/C23H25ClFN3O3/c1-15-3-5-17(6-4-15)21(26-16(2)29)14-22(30)27-9-11-28(12-10-27)23(31)19-8-7-18(25)13-20(19)24/h3-8,13,21H,9-12,14H2,1-2H3,(H,26,29). The van der Waals surface area contributed by atoms with Crippen molar-refractivity contribution >= 4 is 29.3 Å². The van der Waals surface area contributed by atoms with E-state index >= 15 is 0 Å². The molecule has 6 nitrogen and oxygen atoms in total. The molecular formula is C23H25ClFN3O3. The third-order valence-electron chi connectivity index (χ3n) is 5.32. The van der Waals surface area contributed by atoms with Gasteiger partial charge in [-0.05, 0) is 30.7 Å². The van der Waals surface area contributed by atoms with Gasteiger partial charge in [-0.2, -0.15) is 0 Å². The van der Waals surface area contributed by atoms with Crippen LogP contribution in [0.3, 0.4) is 0 Å². The topological polar surface area (TPSA) is 69.7 Å². The summed E-state index contributed by atoms with van der Waals surface area (Å²) in [6, 6.07) is 11.0. The van der Waals surface area contributed by atoms with E-state index in [1.807, 2.05) is 31.2 Å². The summed E-state index contributed by atoms with van der Waals surface area (Å²) in [6.45, 7) is 4.87. The second-order valence-electron chi connectivity index (χ2n) is 7.67. The summed E-state index contributed by atoms with van der Waals surface area (Å²) in [5, 5.41) is 2.92. The molecular weight excluding hydrogens is 421 g/mol. The van der Waals surface area contributed by atoms with Crippen LogP contribution in [-0.4, -0.2) is 53.7 Å². The quantitative estimate of drug-likeness (QED) is 0.767. The van der Waals surface area contributed by atoms with Gasteiger partial charge in [0, 0.05) is 33.1 Å². The fraction of sp³-hybridized carbons (Fsp3) is 0.348. The maximum Gasteiger partial charge on any atom is 0.255 e. The minimum absolute atomic E-state index is 0.0692. The predicted octanol–water partition coefficient (Wildman–Crippen LogP) is 3.34. The summed E-state index contributed by atoms with van der Waals surface area (Å²) in [5.41, 5.74) is 2.21. The zero-order valence-corrected chi connectivity index (χ0v) is 18.3. The van der Waals surface area contributed by atoms with Crippen LogP contribution in [0.2, 0.25) is 5.02 Å². The minimum Gasteiger partial charge on any atom is -0.349 e. The number of hydrogen-bond acceptors (Lipinski definition) is 3. The van der Waals surface area contributed by atoms with E-state index in [0.29, 0.717) is 26.2 Å². The van der Waals surface area contributed by atoms with Crippen molar-refractivity contribution in [2.45, 2.75) is 26.3 Å². The maximum absolute atomic E-state index is 13.2. The summed E-state index contributed by atoms with van der Waals surface area (Å²) in [7, 11) is 0. The van der Waals surface area contributed by atoms with Crippen LogP contribution in [0, 0.1) is 12.7 Å². The molecule has 1 atom stereocenters. The number of benzene rings is 2. The molecule has 1 unspecified atom stereocenters. The predicted molar refractivity (Wildman–Crippen MR) is 116 cm³/mol. The molecule has 8 heteroatoms. The first-order valence-electron chi connectivity index (χ1n) is 10.1. The first kappa shape index (κ1) is 22.7. The van der Waals surface area contributed by atoms with Crippen molar-refractivity contribution in [1.29, 1.82) is 0 Å². The molecule has 3 rings (SSSR count). The molecule has 1 aliphatic heterocycles. The highest BCUT2D eigenvalue weighted by atomic mass is 35.5. The highest BCUT2D eigenvalue weighted by molar-refractivity contribution is 6.33. The van der Waals surface area contributed by atoms with Gasteiger partial charge in [0.2, 0.25) is 11.8 Å².